The normalized spacial score (nSPS) is 14.0. The van der Waals surface area contributed by atoms with Gasteiger partial charge in [-0.05, 0) is 24.1 Å². The number of rotatable bonds is 6. The van der Waals surface area contributed by atoms with E-state index in [1.165, 1.54) is 0 Å². The van der Waals surface area contributed by atoms with E-state index in [0.717, 1.165) is 12.8 Å². The van der Waals surface area contributed by atoms with Gasteiger partial charge >= 0.3 is 12.1 Å². The van der Waals surface area contributed by atoms with Gasteiger partial charge in [-0.2, -0.15) is 0 Å². The first-order valence-corrected chi connectivity index (χ1v) is 7.17. The number of benzene rings is 1. The van der Waals surface area contributed by atoms with E-state index in [1.54, 1.807) is 18.2 Å². The van der Waals surface area contributed by atoms with Gasteiger partial charge in [-0.3, -0.25) is 0 Å². The minimum Gasteiger partial charge on any atom is -0.486 e. The van der Waals surface area contributed by atoms with E-state index in [4.69, 9.17) is 14.2 Å². The number of carboxylic acid groups (broad SMARTS) is 1. The summed E-state index contributed by atoms with van der Waals surface area (Å²) in [5, 5.41) is 11.7. The molecule has 7 heteroatoms. The van der Waals surface area contributed by atoms with Crippen LogP contribution in [0.2, 0.25) is 0 Å². The zero-order valence-electron chi connectivity index (χ0n) is 12.3. The molecule has 1 aromatic carbocycles. The van der Waals surface area contributed by atoms with Crippen LogP contribution in [0.5, 0.6) is 11.5 Å². The van der Waals surface area contributed by atoms with Crippen molar-refractivity contribution >= 4 is 12.1 Å². The number of carbonyl (C=O) groups excluding carboxylic acids is 1. The Hall–Kier alpha value is -2.44. The van der Waals surface area contributed by atoms with E-state index in [-0.39, 0.29) is 6.61 Å². The lowest BCUT2D eigenvalue weighted by molar-refractivity contribution is -0.139. The lowest BCUT2D eigenvalue weighted by atomic mass is 10.1. The summed E-state index contributed by atoms with van der Waals surface area (Å²) in [6.07, 6.45) is 0.864. The summed E-state index contributed by atoms with van der Waals surface area (Å²) < 4.78 is 15.7. The lowest BCUT2D eigenvalue weighted by Crippen LogP contribution is -2.34. The average Bonchev–Trinajstić information content (AvgIpc) is 2.52. The van der Waals surface area contributed by atoms with Crippen LogP contribution in [-0.4, -0.2) is 37.0 Å². The van der Waals surface area contributed by atoms with Gasteiger partial charge in [0, 0.05) is 0 Å². The van der Waals surface area contributed by atoms with E-state index in [0.29, 0.717) is 30.3 Å². The van der Waals surface area contributed by atoms with Crippen LogP contribution in [0, 0.1) is 0 Å². The number of unbranched alkanes of at least 4 members (excludes halogenated alkanes) is 1. The Bertz CT molecular complexity index is 545. The fourth-order valence-electron chi connectivity index (χ4n) is 2.00. The molecule has 1 atom stereocenters. The number of carbonyl (C=O) groups is 2. The topological polar surface area (TPSA) is 94.1 Å². The van der Waals surface area contributed by atoms with Gasteiger partial charge in [0.15, 0.2) is 17.5 Å². The van der Waals surface area contributed by atoms with Crippen LogP contribution in [-0.2, 0) is 9.53 Å². The lowest BCUT2D eigenvalue weighted by Gasteiger charge is -2.21. The van der Waals surface area contributed by atoms with E-state index in [2.05, 4.69) is 5.32 Å². The van der Waals surface area contributed by atoms with E-state index in [9.17, 15) is 14.7 Å². The van der Waals surface area contributed by atoms with Crippen LogP contribution < -0.4 is 14.8 Å². The Balaban J connectivity index is 2.07. The van der Waals surface area contributed by atoms with Crippen molar-refractivity contribution in [2.45, 2.75) is 25.8 Å². The highest BCUT2D eigenvalue weighted by molar-refractivity contribution is 5.81. The second kappa shape index (κ2) is 7.53. The fraction of sp³-hybridized carbons (Fsp3) is 0.467. The Morgan fingerprint density at radius 3 is 2.73 bits per heavy atom. The number of alkyl carbamates (subject to hydrolysis) is 1. The molecule has 0 radical (unpaired) electrons. The van der Waals surface area contributed by atoms with E-state index in [1.807, 2.05) is 6.92 Å². The number of nitrogens with one attached hydrogen (secondary N) is 1. The van der Waals surface area contributed by atoms with Crippen molar-refractivity contribution in [1.29, 1.82) is 0 Å². The Labute approximate surface area is 128 Å². The van der Waals surface area contributed by atoms with E-state index >= 15 is 0 Å². The maximum Gasteiger partial charge on any atom is 0.408 e. The zero-order valence-corrected chi connectivity index (χ0v) is 12.3. The van der Waals surface area contributed by atoms with Gasteiger partial charge in [0.25, 0.3) is 0 Å². The molecule has 1 amide bonds. The van der Waals surface area contributed by atoms with Gasteiger partial charge in [0.2, 0.25) is 0 Å². The summed E-state index contributed by atoms with van der Waals surface area (Å²) in [6, 6.07) is 3.56. The van der Waals surface area contributed by atoms with E-state index < -0.39 is 18.1 Å². The van der Waals surface area contributed by atoms with Crippen LogP contribution in [0.15, 0.2) is 18.2 Å². The molecule has 1 aromatic rings. The predicted octanol–water partition coefficient (Wildman–Crippen LogP) is 2.11. The number of hydrogen-bond donors (Lipinski definition) is 2. The summed E-state index contributed by atoms with van der Waals surface area (Å²) in [5.41, 5.74) is 0.393. The summed E-state index contributed by atoms with van der Waals surface area (Å²) in [7, 11) is 0. The maximum atomic E-state index is 11.6. The highest BCUT2D eigenvalue weighted by Crippen LogP contribution is 2.32. The summed E-state index contributed by atoms with van der Waals surface area (Å²) in [4.78, 5) is 23.0. The van der Waals surface area contributed by atoms with Gasteiger partial charge in [0.1, 0.15) is 13.2 Å². The third-order valence-electron chi connectivity index (χ3n) is 3.14. The first-order chi connectivity index (χ1) is 10.6. The Morgan fingerprint density at radius 2 is 2.05 bits per heavy atom. The molecule has 2 N–H and O–H groups in total. The molecular formula is C15H19NO6. The molecule has 0 bridgehead atoms. The van der Waals surface area contributed by atoms with Crippen LogP contribution in [0.4, 0.5) is 4.79 Å². The number of ether oxygens (including phenoxy) is 3. The molecule has 0 saturated heterocycles. The van der Waals surface area contributed by atoms with Crippen molar-refractivity contribution in [2.75, 3.05) is 19.8 Å². The summed E-state index contributed by atoms with van der Waals surface area (Å²) in [5.74, 6) is -0.148. The Morgan fingerprint density at radius 1 is 1.32 bits per heavy atom. The molecule has 0 spiro atoms. The monoisotopic (exact) mass is 309 g/mol. The molecule has 1 unspecified atom stereocenters. The number of amides is 1. The average molecular weight is 309 g/mol. The van der Waals surface area contributed by atoms with Crippen LogP contribution >= 0.6 is 0 Å². The maximum absolute atomic E-state index is 11.6. The molecule has 0 aliphatic carbocycles. The molecular weight excluding hydrogens is 290 g/mol. The summed E-state index contributed by atoms with van der Waals surface area (Å²) in [6.45, 7) is 3.09. The highest BCUT2D eigenvalue weighted by Gasteiger charge is 2.25. The third-order valence-corrected chi connectivity index (χ3v) is 3.14. The first-order valence-electron chi connectivity index (χ1n) is 7.17. The SMILES string of the molecule is CCCCOC(=O)NC(C(=O)O)c1ccc2c(c1)OCCO2. The molecule has 1 aliphatic rings. The highest BCUT2D eigenvalue weighted by atomic mass is 16.6. The minimum absolute atomic E-state index is 0.260. The molecule has 0 aromatic heterocycles. The second-order valence-electron chi connectivity index (χ2n) is 4.81. The molecule has 0 saturated carbocycles. The molecule has 120 valence electrons. The predicted molar refractivity (Wildman–Crippen MR) is 77.2 cm³/mol. The smallest absolute Gasteiger partial charge is 0.408 e. The molecule has 22 heavy (non-hydrogen) atoms. The van der Waals surface area contributed by atoms with Crippen LogP contribution in [0.3, 0.4) is 0 Å². The van der Waals surface area contributed by atoms with Crippen molar-refractivity contribution in [3.05, 3.63) is 23.8 Å². The van der Waals surface area contributed by atoms with Gasteiger partial charge < -0.3 is 24.6 Å². The number of fused-ring (bicyclic) bond motifs is 1. The van der Waals surface area contributed by atoms with Crippen molar-refractivity contribution in [3.8, 4) is 11.5 Å². The third kappa shape index (κ3) is 4.03. The first kappa shape index (κ1) is 15.9. The fourth-order valence-corrected chi connectivity index (χ4v) is 2.00. The second-order valence-corrected chi connectivity index (χ2v) is 4.81. The van der Waals surface area contributed by atoms with Gasteiger partial charge in [-0.15, -0.1) is 0 Å². The van der Waals surface area contributed by atoms with Gasteiger partial charge in [-0.1, -0.05) is 19.4 Å². The molecule has 0 fully saturated rings. The zero-order chi connectivity index (χ0) is 15.9. The Kier molecular flexibility index (Phi) is 5.46. The number of hydrogen-bond acceptors (Lipinski definition) is 5. The van der Waals surface area contributed by atoms with Crippen LogP contribution in [0.25, 0.3) is 0 Å². The molecule has 7 nitrogen and oxygen atoms in total. The van der Waals surface area contributed by atoms with Gasteiger partial charge in [-0.25, -0.2) is 9.59 Å². The quantitative estimate of drug-likeness (QED) is 0.782. The number of carboxylic acids is 1. The standard InChI is InChI=1S/C15H19NO6/c1-2-3-6-22-15(19)16-13(14(17)18)10-4-5-11-12(9-10)21-8-7-20-11/h4-5,9,13H,2-3,6-8H2,1H3,(H,16,19)(H,17,18). The van der Waals surface area contributed by atoms with Crippen molar-refractivity contribution < 1.29 is 28.9 Å². The van der Waals surface area contributed by atoms with Crippen molar-refractivity contribution in [1.82, 2.24) is 5.32 Å². The largest absolute Gasteiger partial charge is 0.486 e. The molecule has 2 rings (SSSR count). The van der Waals surface area contributed by atoms with Crippen LogP contribution in [0.1, 0.15) is 31.4 Å². The van der Waals surface area contributed by atoms with Crippen molar-refractivity contribution in [2.24, 2.45) is 0 Å². The molecule has 1 aliphatic heterocycles. The van der Waals surface area contributed by atoms with Gasteiger partial charge in [0.05, 0.1) is 6.61 Å². The molecule has 1 heterocycles. The van der Waals surface area contributed by atoms with Crippen molar-refractivity contribution in [3.63, 3.8) is 0 Å². The minimum atomic E-state index is -1.20. The number of aliphatic carboxylic acids is 1. The summed E-state index contributed by atoms with van der Waals surface area (Å²) >= 11 is 0.